The smallest absolute Gasteiger partial charge is 0.145 e. The van der Waals surface area contributed by atoms with Crippen molar-refractivity contribution in [3.05, 3.63) is 74.0 Å². The molecule has 0 N–H and O–H groups in total. The van der Waals surface area contributed by atoms with E-state index >= 15 is 0 Å². The first-order valence-electron chi connectivity index (χ1n) is 6.78. The quantitative estimate of drug-likeness (QED) is 0.325. The number of nitrogens with zero attached hydrogens (tertiary/aromatic N) is 1. The van der Waals surface area contributed by atoms with Crippen molar-refractivity contribution in [3.8, 4) is 11.3 Å². The molecule has 0 fully saturated rings. The summed E-state index contributed by atoms with van der Waals surface area (Å²) in [6.45, 7) is 2.07. The second kappa shape index (κ2) is 6.79. The van der Waals surface area contributed by atoms with Gasteiger partial charge in [-0.25, -0.2) is 0 Å². The molecule has 110 valence electrons. The zero-order chi connectivity index (χ0) is 15.5. The summed E-state index contributed by atoms with van der Waals surface area (Å²) >= 11 is 5.86. The second-order valence-corrected chi connectivity index (χ2v) is 7.02. The summed E-state index contributed by atoms with van der Waals surface area (Å²) in [4.78, 5) is 4.45. The van der Waals surface area contributed by atoms with Gasteiger partial charge in [-0.2, -0.15) is 0 Å². The van der Waals surface area contributed by atoms with E-state index in [4.69, 9.17) is 4.42 Å². The average molecular weight is 466 g/mol. The fourth-order valence-electron chi connectivity index (χ4n) is 2.08. The van der Waals surface area contributed by atoms with E-state index in [0.29, 0.717) is 0 Å². The van der Waals surface area contributed by atoms with Gasteiger partial charge in [0.05, 0.1) is 11.9 Å². The predicted octanol–water partition coefficient (Wildman–Crippen LogP) is 6.37. The second-order valence-electron chi connectivity index (χ2n) is 4.92. The standard InChI is InChI=1S/C18H13BrINO/c1-12-5-7-16(17(19)9-12)18-8-6-15(22-18)11-21-14-4-2-3-13(20)10-14/h2-11H,1H3. The maximum atomic E-state index is 5.86. The van der Waals surface area contributed by atoms with Crippen LogP contribution in [0.2, 0.25) is 0 Å². The van der Waals surface area contributed by atoms with Crippen LogP contribution < -0.4 is 0 Å². The minimum Gasteiger partial charge on any atom is -0.455 e. The van der Waals surface area contributed by atoms with Gasteiger partial charge in [0.25, 0.3) is 0 Å². The summed E-state index contributed by atoms with van der Waals surface area (Å²) in [5, 5.41) is 0. The summed E-state index contributed by atoms with van der Waals surface area (Å²) in [5.74, 6) is 1.57. The lowest BCUT2D eigenvalue weighted by molar-refractivity contribution is 0.575. The molecule has 0 radical (unpaired) electrons. The number of furan rings is 1. The maximum Gasteiger partial charge on any atom is 0.145 e. The lowest BCUT2D eigenvalue weighted by Crippen LogP contribution is -1.79. The van der Waals surface area contributed by atoms with Crippen molar-refractivity contribution in [2.75, 3.05) is 0 Å². The molecule has 22 heavy (non-hydrogen) atoms. The number of benzene rings is 2. The first kappa shape index (κ1) is 15.5. The summed E-state index contributed by atoms with van der Waals surface area (Å²) in [6, 6.07) is 18.1. The highest BCUT2D eigenvalue weighted by Gasteiger charge is 2.07. The van der Waals surface area contributed by atoms with Crippen LogP contribution in [0, 0.1) is 10.5 Å². The molecule has 1 aromatic heterocycles. The number of aryl methyl sites for hydroxylation is 1. The Morgan fingerprint density at radius 2 is 1.95 bits per heavy atom. The van der Waals surface area contributed by atoms with Crippen LogP contribution in [-0.4, -0.2) is 6.21 Å². The third kappa shape index (κ3) is 3.67. The topological polar surface area (TPSA) is 25.5 Å². The molecule has 0 amide bonds. The lowest BCUT2D eigenvalue weighted by atomic mass is 10.1. The van der Waals surface area contributed by atoms with Crippen molar-refractivity contribution in [2.45, 2.75) is 6.92 Å². The molecule has 0 aliphatic carbocycles. The molecule has 1 heterocycles. The third-order valence-corrected chi connectivity index (χ3v) is 4.49. The lowest BCUT2D eigenvalue weighted by Gasteiger charge is -2.01. The molecule has 4 heteroatoms. The Kier molecular flexibility index (Phi) is 4.78. The monoisotopic (exact) mass is 465 g/mol. The summed E-state index contributed by atoms with van der Waals surface area (Å²) < 4.78 is 8.05. The molecular formula is C18H13BrINO. The number of hydrogen-bond donors (Lipinski definition) is 0. The highest BCUT2D eigenvalue weighted by molar-refractivity contribution is 14.1. The fraction of sp³-hybridized carbons (Fsp3) is 0.0556. The van der Waals surface area contributed by atoms with Gasteiger partial charge in [0, 0.05) is 13.6 Å². The Morgan fingerprint density at radius 3 is 2.73 bits per heavy atom. The molecular weight excluding hydrogens is 453 g/mol. The zero-order valence-corrected chi connectivity index (χ0v) is 15.6. The molecule has 0 spiro atoms. The zero-order valence-electron chi connectivity index (χ0n) is 11.9. The molecule has 3 rings (SSSR count). The summed E-state index contributed by atoms with van der Waals surface area (Å²) in [5.41, 5.74) is 3.17. The van der Waals surface area contributed by atoms with Crippen LogP contribution >= 0.6 is 38.5 Å². The minimum atomic E-state index is 0.737. The van der Waals surface area contributed by atoms with E-state index in [1.165, 1.54) is 5.56 Å². The first-order chi connectivity index (χ1) is 10.6. The SMILES string of the molecule is Cc1ccc(-c2ccc(C=Nc3cccc(I)c3)o2)c(Br)c1. The molecule has 0 saturated heterocycles. The highest BCUT2D eigenvalue weighted by atomic mass is 127. The van der Waals surface area contributed by atoms with Crippen molar-refractivity contribution < 1.29 is 4.42 Å². The van der Waals surface area contributed by atoms with E-state index in [0.717, 1.165) is 30.8 Å². The molecule has 0 aliphatic rings. The number of halogens is 2. The normalized spacial score (nSPS) is 11.2. The molecule has 0 unspecified atom stereocenters. The minimum absolute atomic E-state index is 0.737. The van der Waals surface area contributed by atoms with Crippen LogP contribution in [0.15, 0.2) is 68.5 Å². The van der Waals surface area contributed by atoms with E-state index < -0.39 is 0 Å². The van der Waals surface area contributed by atoms with Gasteiger partial charge in [-0.3, -0.25) is 4.99 Å². The number of aliphatic imine (C=N–C) groups is 1. The molecule has 0 aliphatic heterocycles. The van der Waals surface area contributed by atoms with Crippen LogP contribution in [0.4, 0.5) is 5.69 Å². The van der Waals surface area contributed by atoms with Crippen LogP contribution in [0.5, 0.6) is 0 Å². The Bertz CT molecular complexity index is 839. The fourth-order valence-corrected chi connectivity index (χ4v) is 3.30. The average Bonchev–Trinajstić information content (AvgIpc) is 2.94. The van der Waals surface area contributed by atoms with Crippen molar-refractivity contribution >= 4 is 50.4 Å². The van der Waals surface area contributed by atoms with E-state index in [1.807, 2.05) is 36.4 Å². The Hall–Kier alpha value is -1.40. The van der Waals surface area contributed by atoms with Crippen molar-refractivity contribution in [2.24, 2.45) is 4.99 Å². The van der Waals surface area contributed by atoms with E-state index in [1.54, 1.807) is 6.21 Å². The van der Waals surface area contributed by atoms with E-state index in [2.05, 4.69) is 68.6 Å². The first-order valence-corrected chi connectivity index (χ1v) is 8.65. The predicted molar refractivity (Wildman–Crippen MR) is 103 cm³/mol. The molecule has 0 saturated carbocycles. The van der Waals surface area contributed by atoms with Gasteiger partial charge in [-0.05, 0) is 77.5 Å². The van der Waals surface area contributed by atoms with Gasteiger partial charge >= 0.3 is 0 Å². The van der Waals surface area contributed by atoms with Crippen LogP contribution in [0.3, 0.4) is 0 Å². The third-order valence-electron chi connectivity index (χ3n) is 3.17. The van der Waals surface area contributed by atoms with Crippen LogP contribution in [0.25, 0.3) is 11.3 Å². The van der Waals surface area contributed by atoms with Crippen LogP contribution in [0.1, 0.15) is 11.3 Å². The Balaban J connectivity index is 1.85. The molecule has 0 atom stereocenters. The van der Waals surface area contributed by atoms with E-state index in [-0.39, 0.29) is 0 Å². The Labute approximate surface area is 151 Å². The van der Waals surface area contributed by atoms with E-state index in [9.17, 15) is 0 Å². The summed E-state index contributed by atoms with van der Waals surface area (Å²) in [6.07, 6.45) is 1.75. The number of hydrogen-bond acceptors (Lipinski definition) is 2. The molecule has 0 bridgehead atoms. The molecule has 2 nitrogen and oxygen atoms in total. The van der Waals surface area contributed by atoms with Gasteiger partial charge < -0.3 is 4.42 Å². The maximum absolute atomic E-state index is 5.86. The number of rotatable bonds is 3. The summed E-state index contributed by atoms with van der Waals surface area (Å²) in [7, 11) is 0. The van der Waals surface area contributed by atoms with Crippen molar-refractivity contribution in [1.82, 2.24) is 0 Å². The largest absolute Gasteiger partial charge is 0.455 e. The van der Waals surface area contributed by atoms with Gasteiger partial charge in [-0.15, -0.1) is 0 Å². The van der Waals surface area contributed by atoms with Crippen molar-refractivity contribution in [3.63, 3.8) is 0 Å². The van der Waals surface area contributed by atoms with Gasteiger partial charge in [0.2, 0.25) is 0 Å². The van der Waals surface area contributed by atoms with Gasteiger partial charge in [-0.1, -0.05) is 28.1 Å². The van der Waals surface area contributed by atoms with Crippen LogP contribution in [-0.2, 0) is 0 Å². The highest BCUT2D eigenvalue weighted by Crippen LogP contribution is 2.30. The Morgan fingerprint density at radius 1 is 1.09 bits per heavy atom. The van der Waals surface area contributed by atoms with Crippen molar-refractivity contribution in [1.29, 1.82) is 0 Å². The van der Waals surface area contributed by atoms with Gasteiger partial charge in [0.15, 0.2) is 0 Å². The molecule has 2 aromatic carbocycles. The van der Waals surface area contributed by atoms with Gasteiger partial charge in [0.1, 0.15) is 11.5 Å². The molecule has 3 aromatic rings.